The largest absolute Gasteiger partial charge is 0.494 e. The van der Waals surface area contributed by atoms with Crippen molar-refractivity contribution < 1.29 is 27.8 Å². The highest BCUT2D eigenvalue weighted by Crippen LogP contribution is 2.42. The molecular formula is C28H31NO6S2. The maximum atomic E-state index is 11.3. The molecule has 0 unspecified atom stereocenters. The van der Waals surface area contributed by atoms with Gasteiger partial charge in [-0.3, -0.25) is 4.79 Å². The van der Waals surface area contributed by atoms with Crippen LogP contribution in [0, 0.1) is 13.8 Å². The van der Waals surface area contributed by atoms with Crippen molar-refractivity contribution in [2.45, 2.75) is 44.1 Å². The third-order valence-corrected chi connectivity index (χ3v) is 8.47. The number of thioether (sulfide) groups is 1. The van der Waals surface area contributed by atoms with Gasteiger partial charge in [-0.1, -0.05) is 18.2 Å². The maximum absolute atomic E-state index is 11.3. The van der Waals surface area contributed by atoms with Crippen molar-refractivity contribution in [3.05, 3.63) is 70.9 Å². The lowest BCUT2D eigenvalue weighted by Crippen LogP contribution is -2.08. The van der Waals surface area contributed by atoms with Crippen LogP contribution >= 0.6 is 11.8 Å². The van der Waals surface area contributed by atoms with Crippen LogP contribution in [-0.4, -0.2) is 48.8 Å². The number of fused-ring (bicyclic) bond motifs is 1. The number of rotatable bonds is 11. The zero-order valence-electron chi connectivity index (χ0n) is 21.2. The van der Waals surface area contributed by atoms with E-state index in [2.05, 4.69) is 17.1 Å². The fourth-order valence-electron chi connectivity index (χ4n) is 4.55. The van der Waals surface area contributed by atoms with Gasteiger partial charge >= 0.3 is 5.97 Å². The summed E-state index contributed by atoms with van der Waals surface area (Å²) in [6.07, 6.45) is 3.55. The van der Waals surface area contributed by atoms with Gasteiger partial charge < -0.3 is 14.6 Å². The number of carboxylic acid groups (broad SMARTS) is 1. The molecule has 3 aromatic rings. The molecule has 1 N–H and O–H groups in total. The molecule has 1 atom stereocenters. The van der Waals surface area contributed by atoms with Crippen molar-refractivity contribution in [1.29, 1.82) is 0 Å². The molecule has 4 rings (SSSR count). The Labute approximate surface area is 222 Å². The van der Waals surface area contributed by atoms with E-state index in [1.54, 1.807) is 18.0 Å². The molecule has 196 valence electrons. The summed E-state index contributed by atoms with van der Waals surface area (Å²) >= 11 is 1.64. The van der Waals surface area contributed by atoms with Gasteiger partial charge in [0.05, 0.1) is 18.8 Å². The second kappa shape index (κ2) is 11.6. The third kappa shape index (κ3) is 7.26. The molecule has 0 fully saturated rings. The van der Waals surface area contributed by atoms with E-state index in [4.69, 9.17) is 14.6 Å². The molecule has 0 saturated carbocycles. The number of aromatic nitrogens is 1. The fraction of sp³-hybridized carbons (Fsp3) is 0.357. The first-order valence-electron chi connectivity index (χ1n) is 12.1. The molecule has 1 aliphatic heterocycles. The number of hydrogen-bond donors (Lipinski definition) is 1. The van der Waals surface area contributed by atoms with Gasteiger partial charge in [-0.25, -0.2) is 13.4 Å². The van der Waals surface area contributed by atoms with Crippen LogP contribution in [0.25, 0.3) is 11.1 Å². The Morgan fingerprint density at radius 1 is 1.14 bits per heavy atom. The standard InChI is InChI=1S/C28H31NO6S2/c1-18-10-23(34-8-5-9-37(3,32)33)11-19(2)28(18)21-7-4-6-20(12-21)16-35-26-14-25-24(15-29-26)22(17-36-25)13-27(30)31/h4,6-7,10-12,14-15,22H,5,8-9,13,16-17H2,1-3H3,(H,30,31)/t22-/m1/s1. The smallest absolute Gasteiger partial charge is 0.303 e. The molecule has 2 aromatic carbocycles. The van der Waals surface area contributed by atoms with E-state index in [1.165, 1.54) is 6.26 Å². The van der Waals surface area contributed by atoms with Crippen molar-refractivity contribution >= 4 is 27.6 Å². The zero-order valence-corrected chi connectivity index (χ0v) is 22.8. The minimum absolute atomic E-state index is 0.00788. The summed E-state index contributed by atoms with van der Waals surface area (Å²) in [6.45, 7) is 4.80. The number of carbonyl (C=O) groups is 1. The van der Waals surface area contributed by atoms with Crippen LogP contribution in [0.4, 0.5) is 0 Å². The summed E-state index contributed by atoms with van der Waals surface area (Å²) < 4.78 is 34.4. The summed E-state index contributed by atoms with van der Waals surface area (Å²) in [7, 11) is -2.99. The summed E-state index contributed by atoms with van der Waals surface area (Å²) in [5, 5.41) is 9.11. The fourth-order valence-corrected chi connectivity index (χ4v) is 6.44. The predicted octanol–water partition coefficient (Wildman–Crippen LogP) is 5.42. The van der Waals surface area contributed by atoms with Crippen molar-refractivity contribution in [3.63, 3.8) is 0 Å². The van der Waals surface area contributed by atoms with Gasteiger partial charge in [-0.15, -0.1) is 11.8 Å². The highest BCUT2D eigenvalue weighted by molar-refractivity contribution is 7.99. The summed E-state index contributed by atoms with van der Waals surface area (Å²) in [5.41, 5.74) is 6.34. The monoisotopic (exact) mass is 541 g/mol. The molecule has 0 spiro atoms. The van der Waals surface area contributed by atoms with Crippen LogP contribution in [0.3, 0.4) is 0 Å². The minimum atomic E-state index is -2.99. The summed E-state index contributed by atoms with van der Waals surface area (Å²) in [6, 6.07) is 14.1. The topological polar surface area (TPSA) is 103 Å². The number of aryl methyl sites for hydroxylation is 2. The van der Waals surface area contributed by atoms with Gasteiger partial charge in [0, 0.05) is 35.1 Å². The average Bonchev–Trinajstić information content (AvgIpc) is 3.21. The highest BCUT2D eigenvalue weighted by Gasteiger charge is 2.26. The second-order valence-corrected chi connectivity index (χ2v) is 12.7. The summed E-state index contributed by atoms with van der Waals surface area (Å²) in [4.78, 5) is 16.5. The Hall–Kier alpha value is -3.04. The Balaban J connectivity index is 1.42. The van der Waals surface area contributed by atoms with E-state index >= 15 is 0 Å². The van der Waals surface area contributed by atoms with E-state index in [9.17, 15) is 13.2 Å². The van der Waals surface area contributed by atoms with Crippen LogP contribution in [0.1, 0.15) is 41.0 Å². The van der Waals surface area contributed by atoms with E-state index in [1.807, 2.05) is 44.2 Å². The molecule has 0 aliphatic carbocycles. The first-order valence-corrected chi connectivity index (χ1v) is 15.1. The number of nitrogens with zero attached hydrogens (tertiary/aromatic N) is 1. The first kappa shape index (κ1) is 27.0. The van der Waals surface area contributed by atoms with Gasteiger partial charge in [0.25, 0.3) is 0 Å². The third-order valence-electron chi connectivity index (χ3n) is 6.21. The molecule has 2 heterocycles. The second-order valence-electron chi connectivity index (χ2n) is 9.42. The van der Waals surface area contributed by atoms with Gasteiger partial charge in [0.2, 0.25) is 5.88 Å². The van der Waals surface area contributed by atoms with Crippen LogP contribution in [0.2, 0.25) is 0 Å². The van der Waals surface area contributed by atoms with Gasteiger partial charge in [-0.05, 0) is 71.8 Å². The van der Waals surface area contributed by atoms with Crippen LogP contribution < -0.4 is 9.47 Å². The van der Waals surface area contributed by atoms with E-state index in [0.717, 1.165) is 49.8 Å². The molecule has 1 aliphatic rings. The Bertz CT molecular complexity index is 1380. The zero-order chi connectivity index (χ0) is 26.6. The number of sulfone groups is 1. The maximum Gasteiger partial charge on any atom is 0.303 e. The van der Waals surface area contributed by atoms with Crippen molar-refractivity contribution in [2.24, 2.45) is 0 Å². The Kier molecular flexibility index (Phi) is 8.44. The molecule has 0 bridgehead atoms. The Morgan fingerprint density at radius 3 is 2.59 bits per heavy atom. The Morgan fingerprint density at radius 2 is 1.89 bits per heavy atom. The first-order chi connectivity index (χ1) is 17.6. The number of pyridine rings is 1. The van der Waals surface area contributed by atoms with Crippen LogP contribution in [-0.2, 0) is 21.2 Å². The van der Waals surface area contributed by atoms with E-state index in [-0.39, 0.29) is 18.1 Å². The van der Waals surface area contributed by atoms with E-state index < -0.39 is 15.8 Å². The molecule has 0 radical (unpaired) electrons. The van der Waals surface area contributed by atoms with Crippen LogP contribution in [0.15, 0.2) is 53.6 Å². The molecule has 1 aromatic heterocycles. The van der Waals surface area contributed by atoms with Gasteiger partial charge in [0.1, 0.15) is 22.2 Å². The lowest BCUT2D eigenvalue weighted by molar-refractivity contribution is -0.137. The average molecular weight is 542 g/mol. The van der Waals surface area contributed by atoms with Crippen molar-refractivity contribution in [3.8, 4) is 22.8 Å². The van der Waals surface area contributed by atoms with Crippen molar-refractivity contribution in [1.82, 2.24) is 4.98 Å². The van der Waals surface area contributed by atoms with Crippen LogP contribution in [0.5, 0.6) is 11.6 Å². The molecule has 7 nitrogen and oxygen atoms in total. The number of benzene rings is 2. The number of ether oxygens (including phenoxy) is 2. The normalized spacial score (nSPS) is 14.8. The molecule has 37 heavy (non-hydrogen) atoms. The number of hydrogen-bond acceptors (Lipinski definition) is 7. The summed E-state index contributed by atoms with van der Waals surface area (Å²) in [5.74, 6) is 1.32. The molecule has 0 amide bonds. The lowest BCUT2D eigenvalue weighted by Gasteiger charge is -2.15. The lowest BCUT2D eigenvalue weighted by atomic mass is 9.94. The van der Waals surface area contributed by atoms with Gasteiger partial charge in [0.15, 0.2) is 0 Å². The molecule has 0 saturated heterocycles. The molecule has 9 heteroatoms. The number of aliphatic carboxylic acids is 1. The predicted molar refractivity (Wildman–Crippen MR) is 145 cm³/mol. The molecular weight excluding hydrogens is 510 g/mol. The highest BCUT2D eigenvalue weighted by atomic mass is 32.2. The SMILES string of the molecule is Cc1cc(OCCCS(C)(=O)=O)cc(C)c1-c1cccc(COc2cc3c(cn2)[C@H](CC(=O)O)CS3)c1. The minimum Gasteiger partial charge on any atom is -0.494 e. The van der Waals surface area contributed by atoms with Crippen molar-refractivity contribution in [2.75, 3.05) is 24.4 Å². The van der Waals surface area contributed by atoms with Gasteiger partial charge in [-0.2, -0.15) is 0 Å². The number of carboxylic acids is 1. The van der Waals surface area contributed by atoms with E-state index in [0.29, 0.717) is 25.5 Å². The quantitative estimate of drug-likeness (QED) is 0.321.